The summed E-state index contributed by atoms with van der Waals surface area (Å²) >= 11 is 11.7. The second kappa shape index (κ2) is 4.85. The van der Waals surface area contributed by atoms with Crippen LogP contribution in [0.15, 0.2) is 46.9 Å². The van der Waals surface area contributed by atoms with E-state index in [1.165, 1.54) is 14.7 Å². The Morgan fingerprint density at radius 1 is 1.00 bits per heavy atom. The molecule has 0 saturated heterocycles. The van der Waals surface area contributed by atoms with Gasteiger partial charge in [-0.25, -0.2) is 0 Å². The minimum absolute atomic E-state index is 0.740. The van der Waals surface area contributed by atoms with Crippen molar-refractivity contribution in [2.45, 2.75) is 0 Å². The van der Waals surface area contributed by atoms with Gasteiger partial charge in [0, 0.05) is 8.04 Å². The molecule has 0 atom stereocenters. The number of rotatable bonds is 1. The summed E-state index contributed by atoms with van der Waals surface area (Å²) in [6.45, 7) is 0. The van der Waals surface area contributed by atoms with E-state index in [9.17, 15) is 0 Å². The van der Waals surface area contributed by atoms with E-state index < -0.39 is 0 Å². The van der Waals surface area contributed by atoms with Crippen LogP contribution in [0.1, 0.15) is 0 Å². The summed E-state index contributed by atoms with van der Waals surface area (Å²) in [5, 5.41) is 0.740. The van der Waals surface area contributed by atoms with Crippen molar-refractivity contribution in [3.8, 4) is 11.1 Å². The average molecular weight is 393 g/mol. The van der Waals surface area contributed by atoms with Crippen LogP contribution < -0.4 is 0 Å². The van der Waals surface area contributed by atoms with Crippen molar-refractivity contribution in [2.24, 2.45) is 0 Å². The molecular formula is C12H7BrClI. The normalized spacial score (nSPS) is 10.3. The predicted molar refractivity (Wildman–Crippen MR) is 77.3 cm³/mol. The molecule has 0 unspecified atom stereocenters. The maximum Gasteiger partial charge on any atom is 0.0548 e. The van der Waals surface area contributed by atoms with Crippen molar-refractivity contribution < 1.29 is 0 Å². The molecule has 0 N–H and O–H groups in total. The smallest absolute Gasteiger partial charge is 0.0548 e. The van der Waals surface area contributed by atoms with Gasteiger partial charge < -0.3 is 0 Å². The van der Waals surface area contributed by atoms with Gasteiger partial charge in [-0.3, -0.25) is 0 Å². The van der Waals surface area contributed by atoms with Crippen LogP contribution in [0.25, 0.3) is 11.1 Å². The Morgan fingerprint density at radius 2 is 1.73 bits per heavy atom. The summed E-state index contributed by atoms with van der Waals surface area (Å²) in [6, 6.07) is 14.3. The zero-order valence-corrected chi connectivity index (χ0v) is 12.2. The third-order valence-electron chi connectivity index (χ3n) is 2.08. The zero-order valence-electron chi connectivity index (χ0n) is 7.68. The molecule has 0 aliphatic heterocycles. The monoisotopic (exact) mass is 392 g/mol. The first-order valence-electron chi connectivity index (χ1n) is 4.38. The maximum atomic E-state index is 5.95. The highest BCUT2D eigenvalue weighted by atomic mass is 127. The fourth-order valence-corrected chi connectivity index (χ4v) is 2.38. The molecule has 3 heteroatoms. The Kier molecular flexibility index (Phi) is 3.69. The van der Waals surface area contributed by atoms with Gasteiger partial charge in [-0.15, -0.1) is 0 Å². The third kappa shape index (κ3) is 2.74. The lowest BCUT2D eigenvalue weighted by molar-refractivity contribution is 1.57. The largest absolute Gasteiger partial charge is 0.0831 e. The fourth-order valence-electron chi connectivity index (χ4n) is 1.34. The molecular weight excluding hydrogens is 386 g/mol. The van der Waals surface area contributed by atoms with E-state index in [4.69, 9.17) is 11.6 Å². The number of benzene rings is 2. The molecule has 0 nitrogen and oxygen atoms in total. The van der Waals surface area contributed by atoms with Crippen molar-refractivity contribution in [1.82, 2.24) is 0 Å². The van der Waals surface area contributed by atoms with Crippen molar-refractivity contribution in [1.29, 1.82) is 0 Å². The van der Waals surface area contributed by atoms with Crippen LogP contribution in [0.2, 0.25) is 5.02 Å². The number of halogens is 3. The van der Waals surface area contributed by atoms with Crippen LogP contribution in [0.3, 0.4) is 0 Å². The molecule has 0 spiro atoms. The van der Waals surface area contributed by atoms with Crippen LogP contribution in [0.4, 0.5) is 0 Å². The Hall–Kier alpha value is -0.0600. The highest BCUT2D eigenvalue weighted by Crippen LogP contribution is 2.29. The summed E-state index contributed by atoms with van der Waals surface area (Å²) in [7, 11) is 0. The predicted octanol–water partition coefficient (Wildman–Crippen LogP) is 5.37. The molecule has 15 heavy (non-hydrogen) atoms. The Bertz CT molecular complexity index is 497. The highest BCUT2D eigenvalue weighted by Gasteiger charge is 2.01. The first-order chi connectivity index (χ1) is 7.16. The molecule has 76 valence electrons. The molecule has 0 radical (unpaired) electrons. The molecule has 0 fully saturated rings. The maximum absolute atomic E-state index is 5.95. The lowest BCUT2D eigenvalue weighted by Gasteiger charge is -2.04. The van der Waals surface area contributed by atoms with Gasteiger partial charge in [0.15, 0.2) is 0 Å². The van der Waals surface area contributed by atoms with E-state index in [-0.39, 0.29) is 0 Å². The lowest BCUT2D eigenvalue weighted by atomic mass is 10.1. The van der Waals surface area contributed by atoms with Gasteiger partial charge in [0.1, 0.15) is 0 Å². The summed E-state index contributed by atoms with van der Waals surface area (Å²) in [6.07, 6.45) is 0. The van der Waals surface area contributed by atoms with E-state index in [0.717, 1.165) is 9.50 Å². The average Bonchev–Trinajstić information content (AvgIpc) is 2.22. The molecule has 0 aliphatic rings. The minimum Gasteiger partial charge on any atom is -0.0831 e. The summed E-state index contributed by atoms with van der Waals surface area (Å²) < 4.78 is 2.16. The molecule has 0 saturated carbocycles. The van der Waals surface area contributed by atoms with Gasteiger partial charge in [0.05, 0.1) is 5.02 Å². The van der Waals surface area contributed by atoms with E-state index >= 15 is 0 Å². The minimum atomic E-state index is 0.740. The van der Waals surface area contributed by atoms with Crippen molar-refractivity contribution >= 4 is 50.1 Å². The highest BCUT2D eigenvalue weighted by molar-refractivity contribution is 14.1. The van der Waals surface area contributed by atoms with Crippen molar-refractivity contribution in [3.63, 3.8) is 0 Å². The van der Waals surface area contributed by atoms with Gasteiger partial charge in [-0.05, 0) is 73.9 Å². The van der Waals surface area contributed by atoms with E-state index in [2.05, 4.69) is 62.8 Å². The summed E-state index contributed by atoms with van der Waals surface area (Å²) in [5.74, 6) is 0. The Labute approximate surface area is 116 Å². The number of hydrogen-bond donors (Lipinski definition) is 0. The molecule has 0 aromatic heterocycles. The quantitative estimate of drug-likeness (QED) is 0.571. The number of hydrogen-bond acceptors (Lipinski definition) is 0. The van der Waals surface area contributed by atoms with Crippen LogP contribution in [-0.4, -0.2) is 0 Å². The summed E-state index contributed by atoms with van der Waals surface area (Å²) in [5.41, 5.74) is 2.38. The zero-order chi connectivity index (χ0) is 10.8. The third-order valence-corrected chi connectivity index (χ3v) is 3.96. The van der Waals surface area contributed by atoms with Gasteiger partial charge in [0.2, 0.25) is 0 Å². The molecule has 0 aliphatic carbocycles. The first kappa shape index (κ1) is 11.4. The first-order valence-corrected chi connectivity index (χ1v) is 6.63. The molecule has 2 aromatic carbocycles. The second-order valence-electron chi connectivity index (χ2n) is 3.14. The van der Waals surface area contributed by atoms with Crippen molar-refractivity contribution in [2.75, 3.05) is 0 Å². The van der Waals surface area contributed by atoms with E-state index in [0.29, 0.717) is 0 Å². The van der Waals surface area contributed by atoms with Gasteiger partial charge in [-0.1, -0.05) is 29.8 Å². The van der Waals surface area contributed by atoms with Gasteiger partial charge in [-0.2, -0.15) is 0 Å². The Morgan fingerprint density at radius 3 is 2.40 bits per heavy atom. The molecule has 2 aromatic rings. The van der Waals surface area contributed by atoms with Crippen LogP contribution in [0.5, 0.6) is 0 Å². The van der Waals surface area contributed by atoms with E-state index in [1.54, 1.807) is 0 Å². The van der Waals surface area contributed by atoms with Gasteiger partial charge in [0.25, 0.3) is 0 Å². The topological polar surface area (TPSA) is 0 Å². The Balaban J connectivity index is 2.50. The van der Waals surface area contributed by atoms with Gasteiger partial charge >= 0.3 is 0 Å². The van der Waals surface area contributed by atoms with Crippen LogP contribution >= 0.6 is 50.1 Å². The molecule has 0 bridgehead atoms. The molecule has 0 amide bonds. The van der Waals surface area contributed by atoms with Crippen molar-refractivity contribution in [3.05, 3.63) is 55.5 Å². The van der Waals surface area contributed by atoms with E-state index in [1.807, 2.05) is 18.2 Å². The molecule has 2 rings (SSSR count). The fraction of sp³-hybridized carbons (Fsp3) is 0. The lowest BCUT2D eigenvalue weighted by Crippen LogP contribution is -1.79. The van der Waals surface area contributed by atoms with Crippen LogP contribution in [0, 0.1) is 3.57 Å². The van der Waals surface area contributed by atoms with Crippen LogP contribution in [-0.2, 0) is 0 Å². The summed E-state index contributed by atoms with van der Waals surface area (Å²) in [4.78, 5) is 0. The standard InChI is InChI=1S/C12H7BrClI/c13-11-7-9(4-5-12(11)14)8-2-1-3-10(15)6-8/h1-7H. The second-order valence-corrected chi connectivity index (χ2v) is 5.65. The SMILES string of the molecule is Clc1ccc(-c2cccc(I)c2)cc1Br. The molecule has 0 heterocycles.